The van der Waals surface area contributed by atoms with Crippen molar-refractivity contribution in [1.29, 1.82) is 0 Å². The monoisotopic (exact) mass is 269 g/mol. The van der Waals surface area contributed by atoms with Crippen LogP contribution in [-0.4, -0.2) is 19.6 Å². The van der Waals surface area contributed by atoms with Crippen LogP contribution in [0.4, 0.5) is 5.69 Å². The molecule has 80 valence electrons. The Morgan fingerprint density at radius 2 is 2.20 bits per heavy atom. The number of hydrogen-bond donors (Lipinski definition) is 0. The number of rotatable bonds is 0. The fourth-order valence-corrected chi connectivity index (χ4v) is 2.25. The maximum atomic E-state index is 11.6. The van der Waals surface area contributed by atoms with Gasteiger partial charge in [0.05, 0.1) is 18.7 Å². The van der Waals surface area contributed by atoms with Gasteiger partial charge in [-0.15, -0.1) is 0 Å². The number of hydrogen-bond acceptors (Lipinski definition) is 2. The normalized spacial score (nSPS) is 15.7. The molecule has 1 aromatic carbocycles. The second-order valence-electron chi connectivity index (χ2n) is 3.62. The van der Waals surface area contributed by atoms with Crippen LogP contribution in [0.3, 0.4) is 0 Å². The van der Waals surface area contributed by atoms with Gasteiger partial charge in [-0.05, 0) is 24.6 Å². The second kappa shape index (κ2) is 3.85. The zero-order chi connectivity index (χ0) is 11.0. The second-order valence-corrected chi connectivity index (χ2v) is 4.54. The fourth-order valence-electron chi connectivity index (χ4n) is 1.69. The Balaban J connectivity index is 2.58. The summed E-state index contributed by atoms with van der Waals surface area (Å²) in [6.45, 7) is 2.44. The van der Waals surface area contributed by atoms with E-state index in [-0.39, 0.29) is 5.91 Å². The van der Waals surface area contributed by atoms with Gasteiger partial charge in [0.15, 0.2) is 0 Å². The van der Waals surface area contributed by atoms with Gasteiger partial charge in [0.1, 0.15) is 5.75 Å². The van der Waals surface area contributed by atoms with Crippen molar-refractivity contribution in [3.63, 3.8) is 0 Å². The highest BCUT2D eigenvalue weighted by Gasteiger charge is 2.21. The summed E-state index contributed by atoms with van der Waals surface area (Å²) in [5.74, 6) is 0.901. The smallest absolute Gasteiger partial charge is 0.230 e. The lowest BCUT2D eigenvalue weighted by atomic mass is 10.2. The molecule has 1 heterocycles. The minimum Gasteiger partial charge on any atom is -0.491 e. The number of aryl methyl sites for hydroxylation is 1. The molecular weight excluding hydrogens is 258 g/mol. The Kier molecular flexibility index (Phi) is 2.69. The summed E-state index contributed by atoms with van der Waals surface area (Å²) in [4.78, 5) is 13.3. The summed E-state index contributed by atoms with van der Waals surface area (Å²) in [5, 5.41) is 0. The molecule has 1 amide bonds. The van der Waals surface area contributed by atoms with Gasteiger partial charge in [0.25, 0.3) is 0 Å². The largest absolute Gasteiger partial charge is 0.491 e. The highest BCUT2D eigenvalue weighted by atomic mass is 79.9. The van der Waals surface area contributed by atoms with Crippen LogP contribution in [0, 0.1) is 6.92 Å². The molecule has 3 nitrogen and oxygen atoms in total. The third kappa shape index (κ3) is 1.86. The van der Waals surface area contributed by atoms with Crippen LogP contribution in [0.5, 0.6) is 5.75 Å². The van der Waals surface area contributed by atoms with Crippen LogP contribution in [0.15, 0.2) is 16.6 Å². The summed E-state index contributed by atoms with van der Waals surface area (Å²) in [6, 6.07) is 3.90. The molecule has 0 radical (unpaired) electrons. The van der Waals surface area contributed by atoms with E-state index in [1.165, 1.54) is 0 Å². The summed E-state index contributed by atoms with van der Waals surface area (Å²) in [6.07, 6.45) is 0.433. The Bertz CT molecular complexity index is 417. The molecule has 0 fully saturated rings. The molecular formula is C11H12BrNO2. The van der Waals surface area contributed by atoms with Crippen molar-refractivity contribution in [3.05, 3.63) is 22.2 Å². The van der Waals surface area contributed by atoms with Crippen LogP contribution in [0.25, 0.3) is 0 Å². The Labute approximate surface area is 97.2 Å². The molecule has 0 spiro atoms. The number of benzene rings is 1. The van der Waals surface area contributed by atoms with Gasteiger partial charge in [0, 0.05) is 11.5 Å². The van der Waals surface area contributed by atoms with Crippen molar-refractivity contribution in [2.24, 2.45) is 0 Å². The van der Waals surface area contributed by atoms with E-state index < -0.39 is 0 Å². The van der Waals surface area contributed by atoms with Crippen molar-refractivity contribution in [3.8, 4) is 5.75 Å². The summed E-state index contributed by atoms with van der Waals surface area (Å²) in [7, 11) is 1.78. The molecule has 0 unspecified atom stereocenters. The number of anilines is 1. The quantitative estimate of drug-likeness (QED) is 0.725. The molecule has 15 heavy (non-hydrogen) atoms. The number of amides is 1. The first-order valence-electron chi connectivity index (χ1n) is 4.79. The number of fused-ring (bicyclic) bond motifs is 1. The van der Waals surface area contributed by atoms with E-state index in [2.05, 4.69) is 15.9 Å². The van der Waals surface area contributed by atoms with Gasteiger partial charge in [-0.2, -0.15) is 0 Å². The average molecular weight is 270 g/mol. The average Bonchev–Trinajstić information content (AvgIpc) is 2.30. The standard InChI is InChI=1S/C11H12BrNO2/c1-7-5-8(12)6-9-11(7)15-4-3-10(14)13(9)2/h5-6H,3-4H2,1-2H3. The number of nitrogens with zero attached hydrogens (tertiary/aromatic N) is 1. The maximum absolute atomic E-state index is 11.6. The molecule has 0 atom stereocenters. The van der Waals surface area contributed by atoms with E-state index in [0.29, 0.717) is 13.0 Å². The van der Waals surface area contributed by atoms with Gasteiger partial charge in [0.2, 0.25) is 5.91 Å². The minimum atomic E-state index is 0.0891. The predicted octanol–water partition coefficient (Wildman–Crippen LogP) is 2.50. The number of ether oxygens (including phenoxy) is 1. The maximum Gasteiger partial charge on any atom is 0.230 e. The Morgan fingerprint density at radius 3 is 2.93 bits per heavy atom. The van der Waals surface area contributed by atoms with Gasteiger partial charge in [-0.3, -0.25) is 4.79 Å². The van der Waals surface area contributed by atoms with E-state index in [1.807, 2.05) is 19.1 Å². The molecule has 0 saturated heterocycles. The fraction of sp³-hybridized carbons (Fsp3) is 0.364. The highest BCUT2D eigenvalue weighted by Crippen LogP contribution is 2.36. The molecule has 0 aromatic heterocycles. The molecule has 0 saturated carbocycles. The van der Waals surface area contributed by atoms with Crippen molar-refractivity contribution in [2.75, 3.05) is 18.6 Å². The predicted molar refractivity (Wildman–Crippen MR) is 62.4 cm³/mol. The van der Waals surface area contributed by atoms with Gasteiger partial charge >= 0.3 is 0 Å². The van der Waals surface area contributed by atoms with Crippen LogP contribution < -0.4 is 9.64 Å². The van der Waals surface area contributed by atoms with E-state index in [0.717, 1.165) is 21.5 Å². The zero-order valence-electron chi connectivity index (χ0n) is 8.71. The van der Waals surface area contributed by atoms with Gasteiger partial charge < -0.3 is 9.64 Å². The van der Waals surface area contributed by atoms with Gasteiger partial charge in [-0.25, -0.2) is 0 Å². The molecule has 1 aromatic rings. The van der Waals surface area contributed by atoms with Crippen LogP contribution >= 0.6 is 15.9 Å². The molecule has 1 aliphatic rings. The summed E-state index contributed by atoms with van der Waals surface area (Å²) < 4.78 is 6.55. The van der Waals surface area contributed by atoms with Crippen molar-refractivity contribution < 1.29 is 9.53 Å². The number of carbonyl (C=O) groups is 1. The minimum absolute atomic E-state index is 0.0891. The van der Waals surface area contributed by atoms with E-state index in [9.17, 15) is 4.79 Å². The van der Waals surface area contributed by atoms with E-state index in [1.54, 1.807) is 11.9 Å². The van der Waals surface area contributed by atoms with E-state index in [4.69, 9.17) is 4.74 Å². The van der Waals surface area contributed by atoms with Gasteiger partial charge in [-0.1, -0.05) is 15.9 Å². The van der Waals surface area contributed by atoms with Crippen molar-refractivity contribution >= 4 is 27.5 Å². The first-order valence-corrected chi connectivity index (χ1v) is 5.58. The Morgan fingerprint density at radius 1 is 1.47 bits per heavy atom. The number of carbonyl (C=O) groups excluding carboxylic acids is 1. The topological polar surface area (TPSA) is 29.5 Å². The van der Waals surface area contributed by atoms with Crippen LogP contribution in [0.1, 0.15) is 12.0 Å². The van der Waals surface area contributed by atoms with Crippen LogP contribution in [-0.2, 0) is 4.79 Å². The molecule has 2 rings (SSSR count). The van der Waals surface area contributed by atoms with Crippen molar-refractivity contribution in [1.82, 2.24) is 0 Å². The zero-order valence-corrected chi connectivity index (χ0v) is 10.3. The first kappa shape index (κ1) is 10.5. The van der Waals surface area contributed by atoms with Crippen molar-refractivity contribution in [2.45, 2.75) is 13.3 Å². The lowest BCUT2D eigenvalue weighted by molar-refractivity contribution is -0.118. The summed E-state index contributed by atoms with van der Waals surface area (Å²) in [5.41, 5.74) is 1.88. The lowest BCUT2D eigenvalue weighted by Crippen LogP contribution is -2.25. The number of halogens is 1. The Hall–Kier alpha value is -1.03. The molecule has 0 aliphatic carbocycles. The third-order valence-electron chi connectivity index (χ3n) is 2.52. The molecule has 4 heteroatoms. The highest BCUT2D eigenvalue weighted by molar-refractivity contribution is 9.10. The molecule has 0 N–H and O–H groups in total. The third-order valence-corrected chi connectivity index (χ3v) is 2.98. The van der Waals surface area contributed by atoms with Crippen LogP contribution in [0.2, 0.25) is 0 Å². The first-order chi connectivity index (χ1) is 7.09. The SMILES string of the molecule is Cc1cc(Br)cc2c1OCCC(=O)N2C. The molecule has 1 aliphatic heterocycles. The summed E-state index contributed by atoms with van der Waals surface area (Å²) >= 11 is 3.42. The van der Waals surface area contributed by atoms with E-state index >= 15 is 0 Å². The molecule has 0 bridgehead atoms. The lowest BCUT2D eigenvalue weighted by Gasteiger charge is -2.17.